The Morgan fingerprint density at radius 1 is 1.44 bits per heavy atom. The first-order chi connectivity index (χ1) is 7.47. The highest BCUT2D eigenvalue weighted by Crippen LogP contribution is 2.42. The minimum Gasteiger partial charge on any atom is -0.516 e. The van der Waals surface area contributed by atoms with Crippen molar-refractivity contribution in [1.29, 1.82) is 0 Å². The highest BCUT2D eigenvalue weighted by Gasteiger charge is 2.27. The molecular formula is C15H26O. The summed E-state index contributed by atoms with van der Waals surface area (Å²) in [5.74, 6) is 0.475. The van der Waals surface area contributed by atoms with E-state index in [1.54, 1.807) is 11.1 Å². The smallest absolute Gasteiger partial charge is 0.0754 e. The second-order valence-corrected chi connectivity index (χ2v) is 5.85. The molecule has 1 rings (SSSR count). The average molecular weight is 222 g/mol. The van der Waals surface area contributed by atoms with Gasteiger partial charge in [-0.3, -0.25) is 0 Å². The van der Waals surface area contributed by atoms with Gasteiger partial charge in [0, 0.05) is 0 Å². The Hall–Kier alpha value is -0.720. The van der Waals surface area contributed by atoms with Crippen LogP contribution in [0.5, 0.6) is 0 Å². The second kappa shape index (κ2) is 5.56. The van der Waals surface area contributed by atoms with Crippen molar-refractivity contribution in [1.82, 2.24) is 0 Å². The van der Waals surface area contributed by atoms with E-state index in [0.29, 0.717) is 11.3 Å². The van der Waals surface area contributed by atoms with Crippen molar-refractivity contribution in [3.63, 3.8) is 0 Å². The lowest BCUT2D eigenvalue weighted by Gasteiger charge is -2.35. The Labute approximate surface area is 100 Å². The lowest BCUT2D eigenvalue weighted by Crippen LogP contribution is -2.20. The Balaban J connectivity index is 2.63. The number of rotatable bonds is 4. The molecule has 0 fully saturated rings. The van der Waals surface area contributed by atoms with Gasteiger partial charge in [-0.2, -0.15) is 0 Å². The van der Waals surface area contributed by atoms with Gasteiger partial charge in [0.05, 0.1) is 6.26 Å². The Bertz CT molecular complexity index is 284. The van der Waals surface area contributed by atoms with E-state index in [-0.39, 0.29) is 0 Å². The molecule has 1 aliphatic carbocycles. The molecule has 1 atom stereocenters. The second-order valence-electron chi connectivity index (χ2n) is 5.85. The fraction of sp³-hybridized carbons (Fsp3) is 0.733. The van der Waals surface area contributed by atoms with Crippen LogP contribution in [-0.2, 0) is 0 Å². The summed E-state index contributed by atoms with van der Waals surface area (Å²) in [7, 11) is 0. The first kappa shape index (κ1) is 13.3. The Morgan fingerprint density at radius 3 is 2.69 bits per heavy atom. The molecule has 0 bridgehead atoms. The van der Waals surface area contributed by atoms with Crippen LogP contribution >= 0.6 is 0 Å². The molecule has 0 saturated heterocycles. The summed E-state index contributed by atoms with van der Waals surface area (Å²) < 4.78 is 0. The van der Waals surface area contributed by atoms with E-state index in [4.69, 9.17) is 5.11 Å². The summed E-state index contributed by atoms with van der Waals surface area (Å²) in [4.78, 5) is 0. The quantitative estimate of drug-likeness (QED) is 0.524. The molecule has 1 unspecified atom stereocenters. The van der Waals surface area contributed by atoms with E-state index in [0.717, 1.165) is 6.42 Å². The van der Waals surface area contributed by atoms with Gasteiger partial charge in [-0.25, -0.2) is 0 Å². The topological polar surface area (TPSA) is 20.2 Å². The number of hydrogen-bond acceptors (Lipinski definition) is 1. The van der Waals surface area contributed by atoms with Crippen molar-refractivity contribution >= 4 is 0 Å². The van der Waals surface area contributed by atoms with E-state index in [2.05, 4.69) is 27.7 Å². The molecule has 92 valence electrons. The normalized spacial score (nSPS) is 22.8. The number of aliphatic hydroxyl groups is 1. The zero-order valence-corrected chi connectivity index (χ0v) is 11.2. The number of allylic oxidation sites excluding steroid dienone is 3. The fourth-order valence-electron chi connectivity index (χ4n) is 2.84. The summed E-state index contributed by atoms with van der Waals surface area (Å²) in [6.45, 7) is 9.20. The predicted molar refractivity (Wildman–Crippen MR) is 70.5 cm³/mol. The van der Waals surface area contributed by atoms with Gasteiger partial charge in [0.2, 0.25) is 0 Å². The van der Waals surface area contributed by atoms with Crippen LogP contribution in [-0.4, -0.2) is 5.11 Å². The zero-order valence-electron chi connectivity index (χ0n) is 11.2. The third-order valence-corrected chi connectivity index (χ3v) is 3.95. The first-order valence-electron chi connectivity index (χ1n) is 6.47. The van der Waals surface area contributed by atoms with Gasteiger partial charge in [0.15, 0.2) is 0 Å². The maximum absolute atomic E-state index is 8.74. The summed E-state index contributed by atoms with van der Waals surface area (Å²) in [6, 6.07) is 0. The lowest BCUT2D eigenvalue weighted by atomic mass is 9.71. The molecule has 0 radical (unpaired) electrons. The fourth-order valence-corrected chi connectivity index (χ4v) is 2.84. The lowest BCUT2D eigenvalue weighted by molar-refractivity contribution is 0.348. The third kappa shape index (κ3) is 3.40. The van der Waals surface area contributed by atoms with Gasteiger partial charge in [-0.1, -0.05) is 31.9 Å². The molecule has 0 aromatic heterocycles. The molecule has 1 N–H and O–H groups in total. The summed E-state index contributed by atoms with van der Waals surface area (Å²) in [5, 5.41) is 8.74. The number of aliphatic hydroxyl groups excluding tert-OH is 1. The van der Waals surface area contributed by atoms with Crippen molar-refractivity contribution in [2.45, 2.75) is 59.8 Å². The molecule has 0 spiro atoms. The van der Waals surface area contributed by atoms with Crippen LogP contribution in [0.3, 0.4) is 0 Å². The van der Waals surface area contributed by atoms with Crippen molar-refractivity contribution in [3.05, 3.63) is 23.5 Å². The first-order valence-corrected chi connectivity index (χ1v) is 6.47. The third-order valence-electron chi connectivity index (χ3n) is 3.95. The van der Waals surface area contributed by atoms with Gasteiger partial charge in [-0.05, 0) is 56.4 Å². The van der Waals surface area contributed by atoms with E-state index in [1.807, 2.05) is 6.08 Å². The standard InChI is InChI=1S/C15H26O/c1-12(9-11-16)7-8-14-13(2)6-5-10-15(14,3)4/h9,11-12,16H,5-8,10H2,1-4H3/b11-9+. The molecule has 1 nitrogen and oxygen atoms in total. The molecule has 0 aromatic carbocycles. The highest BCUT2D eigenvalue weighted by atomic mass is 16.2. The monoisotopic (exact) mass is 222 g/mol. The van der Waals surface area contributed by atoms with Crippen LogP contribution in [0, 0.1) is 11.3 Å². The molecule has 0 aliphatic heterocycles. The van der Waals surface area contributed by atoms with Crippen LogP contribution in [0.25, 0.3) is 0 Å². The van der Waals surface area contributed by atoms with Crippen molar-refractivity contribution < 1.29 is 5.11 Å². The van der Waals surface area contributed by atoms with E-state index >= 15 is 0 Å². The molecule has 0 heterocycles. The van der Waals surface area contributed by atoms with E-state index in [1.165, 1.54) is 31.9 Å². The van der Waals surface area contributed by atoms with Gasteiger partial charge in [0.25, 0.3) is 0 Å². The van der Waals surface area contributed by atoms with Gasteiger partial charge >= 0.3 is 0 Å². The highest BCUT2D eigenvalue weighted by molar-refractivity contribution is 5.22. The maximum Gasteiger partial charge on any atom is 0.0754 e. The minimum atomic E-state index is 0.394. The molecule has 1 aliphatic rings. The van der Waals surface area contributed by atoms with E-state index < -0.39 is 0 Å². The predicted octanol–water partition coefficient (Wildman–Crippen LogP) is 5.00. The van der Waals surface area contributed by atoms with Crippen molar-refractivity contribution in [2.75, 3.05) is 0 Å². The van der Waals surface area contributed by atoms with Crippen LogP contribution < -0.4 is 0 Å². The van der Waals surface area contributed by atoms with Crippen molar-refractivity contribution in [3.8, 4) is 0 Å². The minimum absolute atomic E-state index is 0.394. The largest absolute Gasteiger partial charge is 0.516 e. The van der Waals surface area contributed by atoms with E-state index in [9.17, 15) is 0 Å². The molecule has 0 aromatic rings. The summed E-state index contributed by atoms with van der Waals surface area (Å²) in [5.41, 5.74) is 3.67. The zero-order chi connectivity index (χ0) is 12.2. The average Bonchev–Trinajstić information content (AvgIpc) is 2.16. The Kier molecular flexibility index (Phi) is 4.64. The van der Waals surface area contributed by atoms with Crippen LogP contribution in [0.2, 0.25) is 0 Å². The maximum atomic E-state index is 8.74. The van der Waals surface area contributed by atoms with Gasteiger partial charge < -0.3 is 5.11 Å². The SMILES string of the molecule is CC1=C(CCC(C)/C=C/O)C(C)(C)CCC1. The molecule has 0 saturated carbocycles. The van der Waals surface area contributed by atoms with Crippen LogP contribution in [0.15, 0.2) is 23.5 Å². The molecule has 0 amide bonds. The van der Waals surface area contributed by atoms with Crippen LogP contribution in [0.4, 0.5) is 0 Å². The van der Waals surface area contributed by atoms with Crippen molar-refractivity contribution in [2.24, 2.45) is 11.3 Å². The van der Waals surface area contributed by atoms with Crippen LogP contribution in [0.1, 0.15) is 59.8 Å². The molecule has 16 heavy (non-hydrogen) atoms. The summed E-state index contributed by atoms with van der Waals surface area (Å²) in [6.07, 6.45) is 9.34. The molecular weight excluding hydrogens is 196 g/mol. The molecule has 1 heteroatoms. The van der Waals surface area contributed by atoms with Gasteiger partial charge in [-0.15, -0.1) is 0 Å². The van der Waals surface area contributed by atoms with Gasteiger partial charge in [0.1, 0.15) is 0 Å². The number of hydrogen-bond donors (Lipinski definition) is 1. The summed E-state index contributed by atoms with van der Waals surface area (Å²) >= 11 is 0. The Morgan fingerprint density at radius 2 is 2.12 bits per heavy atom.